The van der Waals surface area contributed by atoms with Crippen molar-refractivity contribution in [3.63, 3.8) is 0 Å². The number of hydrogen-bond donors (Lipinski definition) is 1. The molecule has 13 aromatic rings. The first kappa shape index (κ1) is 86.3. The smallest absolute Gasteiger partial charge is 0.384 e. The zero-order valence-electron chi connectivity index (χ0n) is 62.9. The quantitative estimate of drug-likeness (QED) is 0.0150. The highest BCUT2D eigenvalue weighted by atomic mass is 79.9. The Bertz CT molecular complexity index is 5210. The fourth-order valence-electron chi connectivity index (χ4n) is 9.91. The average Bonchev–Trinajstić information content (AvgIpc) is 1.66. The maximum atomic E-state index is 12.6. The summed E-state index contributed by atoms with van der Waals surface area (Å²) in [6.45, 7) is 12.1. The lowest BCUT2D eigenvalue weighted by atomic mass is 10.2. The predicted octanol–water partition coefficient (Wildman–Crippen LogP) is 16.8. The number of nitroso groups, excluding NO2 is 1. The van der Waals surface area contributed by atoms with E-state index in [1.807, 2.05) is 212 Å². The maximum absolute atomic E-state index is 12.6. The lowest BCUT2D eigenvalue weighted by molar-refractivity contribution is -0.686. The lowest BCUT2D eigenvalue weighted by Crippen LogP contribution is -2.37. The number of carbonyl (C=O) groups is 8. The lowest BCUT2D eigenvalue weighted by Gasteiger charge is -2.19. The zero-order valence-corrected chi connectivity index (χ0v) is 64.5. The normalized spacial score (nSPS) is 10.3. The summed E-state index contributed by atoms with van der Waals surface area (Å²) >= 11 is 3.01. The van der Waals surface area contributed by atoms with E-state index >= 15 is 0 Å². The van der Waals surface area contributed by atoms with Gasteiger partial charge < -0.3 is 51.5 Å². The SMILES string of the molecule is C#CC(=O)OC(C)(C)C.CC(C)(C)OC(=O)c1cc(C(=O)OCc2ccccc2)n2ccccc12.O=C(CBr)OCc1ccccc1.O=C(C[n+]1ccccc1)OCc1ccccc1.O=C(O)c1cc(C(=O)OCc2ccccc2)n2ccccc12.O=Nc1cc(C(=O)OCc2ccccc2)n2ccccc12.c1ccncc1. The summed E-state index contributed by atoms with van der Waals surface area (Å²) in [4.78, 5) is 108. The van der Waals surface area contributed by atoms with Crippen LogP contribution < -0.4 is 4.57 Å². The van der Waals surface area contributed by atoms with Crippen LogP contribution in [-0.4, -0.2) is 87.6 Å². The molecule has 0 spiro atoms. The van der Waals surface area contributed by atoms with Crippen LogP contribution in [0.2, 0.25) is 0 Å². The van der Waals surface area contributed by atoms with Crippen molar-refractivity contribution in [3.8, 4) is 12.3 Å². The largest absolute Gasteiger partial charge is 0.478 e. The molecule has 113 heavy (non-hydrogen) atoms. The van der Waals surface area contributed by atoms with E-state index in [0.717, 1.165) is 27.8 Å². The number of nitrogens with zero attached hydrogens (tertiary/aromatic N) is 6. The van der Waals surface area contributed by atoms with Gasteiger partial charge in [0, 0.05) is 55.1 Å². The number of carboxylic acids is 1. The van der Waals surface area contributed by atoms with Gasteiger partial charge in [-0.15, -0.1) is 11.3 Å². The number of rotatable bonds is 19. The van der Waals surface area contributed by atoms with Crippen LogP contribution in [0.3, 0.4) is 0 Å². The fourth-order valence-corrected chi connectivity index (χ4v) is 10.1. The Labute approximate surface area is 662 Å². The first-order chi connectivity index (χ1) is 54.4. The Hall–Kier alpha value is -13.9. The highest BCUT2D eigenvalue weighted by Gasteiger charge is 2.26. The van der Waals surface area contributed by atoms with E-state index in [1.54, 1.807) is 134 Å². The number of terminal acetylenes is 1. The van der Waals surface area contributed by atoms with E-state index < -0.39 is 47.0 Å². The summed E-state index contributed by atoms with van der Waals surface area (Å²) in [7, 11) is 0. The van der Waals surface area contributed by atoms with Crippen LogP contribution in [0.15, 0.2) is 309 Å². The standard InChI is InChI=1S/C21H21NO4.C17H13NO4.C16H12N2O3.C14H14NO2.C9H9BrO2.C7H10O2.C5H5N/c1-21(2,3)26-19(23)16-13-18(22-12-8-7-11-17(16)22)20(24)25-14-15-9-5-4-6-10-15;19-16(20)13-10-15(18-9-5-4-8-14(13)18)17(21)22-11-12-6-2-1-3-7-12;19-16(21-11-12-6-2-1-3-7-12)15-10-13(17-20)14-8-4-5-9-18(14)15;16-14(11-15-9-5-2-6-10-15)17-12-13-7-3-1-4-8-13;10-6-9(11)12-7-8-4-2-1-3-5-8;1-5-6(8)9-7(2,3)4;1-2-4-6-5-3-1/h4-13H,14H2,1-3H3;1-10H,11H2,(H,19,20);1-10H,11H2;1-10H,11-12H2;1-5H,6-7H2;1H,2-4H3;1-5H/q;;;+1;;;. The predicted molar refractivity (Wildman–Crippen MR) is 428 cm³/mol. The van der Waals surface area contributed by atoms with E-state index in [2.05, 4.69) is 26.1 Å². The minimum atomic E-state index is -1.08. The number of pyridine rings is 5. The Kier molecular flexibility index (Phi) is 34.5. The van der Waals surface area contributed by atoms with Gasteiger partial charge in [0.05, 0.1) is 27.7 Å². The summed E-state index contributed by atoms with van der Waals surface area (Å²) < 4.78 is 42.7. The Morgan fingerprint density at radius 3 is 1.11 bits per heavy atom. The molecule has 0 aliphatic carbocycles. The molecular weight excluding hydrogens is 1500 g/mol. The van der Waals surface area contributed by atoms with Gasteiger partial charge in [-0.1, -0.05) is 198 Å². The third-order valence-electron chi connectivity index (χ3n) is 15.0. The fraction of sp³-hybridized carbons (Fsp3) is 0.169. The molecule has 0 saturated carbocycles. The van der Waals surface area contributed by atoms with Crippen LogP contribution in [0.1, 0.15) is 122 Å². The van der Waals surface area contributed by atoms with Gasteiger partial charge in [0.25, 0.3) is 0 Å². The van der Waals surface area contributed by atoms with Gasteiger partial charge in [-0.25, -0.2) is 33.6 Å². The number of fused-ring (bicyclic) bond motifs is 3. The van der Waals surface area contributed by atoms with Gasteiger partial charge >= 0.3 is 47.8 Å². The number of carbonyl (C=O) groups excluding carboxylic acids is 7. The number of benzene rings is 5. The average molecular weight is 1590 g/mol. The van der Waals surface area contributed by atoms with E-state index in [4.69, 9.17) is 39.6 Å². The van der Waals surface area contributed by atoms with Crippen molar-refractivity contribution in [2.75, 3.05) is 5.33 Å². The first-order valence-electron chi connectivity index (χ1n) is 35.1. The van der Waals surface area contributed by atoms with Gasteiger partial charge in [-0.05, 0) is 135 Å². The topological polar surface area (TPSA) is 281 Å². The third-order valence-corrected chi connectivity index (χ3v) is 15.4. The van der Waals surface area contributed by atoms with Crippen LogP contribution in [0.4, 0.5) is 5.69 Å². The van der Waals surface area contributed by atoms with Crippen LogP contribution >= 0.6 is 15.9 Å². The molecule has 8 heterocycles. The monoisotopic (exact) mass is 1590 g/mol. The summed E-state index contributed by atoms with van der Waals surface area (Å²) in [5.74, 6) is -2.31. The molecular formula is C89H84BrN6O17+. The number of alkyl halides is 1. The summed E-state index contributed by atoms with van der Waals surface area (Å²) in [5, 5.41) is 12.4. The highest BCUT2D eigenvalue weighted by molar-refractivity contribution is 9.09. The van der Waals surface area contributed by atoms with Crippen molar-refractivity contribution in [2.24, 2.45) is 5.18 Å². The molecule has 0 fully saturated rings. The second kappa shape index (κ2) is 45.2. The number of hydrogen-bond acceptors (Lipinski definition) is 18. The molecule has 0 atom stereocenters. The molecule has 0 saturated heterocycles. The molecule has 5 aromatic carbocycles. The van der Waals surface area contributed by atoms with Crippen LogP contribution in [0.25, 0.3) is 16.6 Å². The van der Waals surface area contributed by atoms with Crippen LogP contribution in [-0.2, 0) is 87.1 Å². The van der Waals surface area contributed by atoms with Crippen molar-refractivity contribution in [1.82, 2.24) is 18.2 Å². The van der Waals surface area contributed by atoms with E-state index in [1.165, 1.54) is 22.6 Å². The number of esters is 7. The number of aromatic nitrogens is 5. The molecule has 0 bridgehead atoms. The molecule has 13 rings (SSSR count). The molecule has 0 aliphatic rings. The van der Waals surface area contributed by atoms with Gasteiger partial charge in [0.1, 0.15) is 72.3 Å². The highest BCUT2D eigenvalue weighted by Crippen LogP contribution is 2.27. The van der Waals surface area contributed by atoms with E-state index in [9.17, 15) is 48.4 Å². The first-order valence-corrected chi connectivity index (χ1v) is 36.2. The van der Waals surface area contributed by atoms with E-state index in [0.29, 0.717) is 35.3 Å². The molecule has 23 nitrogen and oxygen atoms in total. The zero-order chi connectivity index (χ0) is 81.4. The number of halogens is 1. The number of ether oxygens (including phenoxy) is 7. The van der Waals surface area contributed by atoms with Crippen molar-refractivity contribution < 1.29 is 81.2 Å². The second-order valence-corrected chi connectivity index (χ2v) is 26.5. The summed E-state index contributed by atoms with van der Waals surface area (Å²) in [6, 6.07) is 78.8. The van der Waals surface area contributed by atoms with Crippen molar-refractivity contribution >= 4 is 85.9 Å². The van der Waals surface area contributed by atoms with Gasteiger partial charge in [0.2, 0.25) is 6.54 Å². The maximum Gasteiger partial charge on any atom is 0.384 e. The number of carboxylic acid groups (broad SMARTS) is 1. The van der Waals surface area contributed by atoms with Crippen molar-refractivity contribution in [2.45, 2.75) is 92.3 Å². The van der Waals surface area contributed by atoms with Gasteiger partial charge in [0.15, 0.2) is 12.4 Å². The third kappa shape index (κ3) is 29.9. The van der Waals surface area contributed by atoms with Gasteiger partial charge in [-0.3, -0.25) is 9.78 Å². The summed E-state index contributed by atoms with van der Waals surface area (Å²) in [5.41, 5.74) is 6.65. The minimum Gasteiger partial charge on any atom is -0.478 e. The van der Waals surface area contributed by atoms with Crippen LogP contribution in [0.5, 0.6) is 0 Å². The van der Waals surface area contributed by atoms with Crippen LogP contribution in [0, 0.1) is 17.3 Å². The molecule has 0 aliphatic heterocycles. The molecule has 0 unspecified atom stereocenters. The Balaban J connectivity index is 0.000000190. The molecule has 24 heteroatoms. The Morgan fingerprint density at radius 1 is 0.425 bits per heavy atom. The molecule has 1 N–H and O–H groups in total. The van der Waals surface area contributed by atoms with Gasteiger partial charge in [-0.2, -0.15) is 4.57 Å². The molecule has 578 valence electrons. The second-order valence-electron chi connectivity index (χ2n) is 25.9. The summed E-state index contributed by atoms with van der Waals surface area (Å²) in [6.07, 6.45) is 17.0. The number of aromatic carboxylic acids is 1. The molecule has 8 aromatic heterocycles. The Morgan fingerprint density at radius 2 is 0.761 bits per heavy atom. The van der Waals surface area contributed by atoms with Crippen molar-refractivity contribution in [1.29, 1.82) is 0 Å². The van der Waals surface area contributed by atoms with E-state index in [-0.39, 0.29) is 72.0 Å². The van der Waals surface area contributed by atoms with Crippen molar-refractivity contribution in [3.05, 3.63) is 365 Å². The minimum absolute atomic E-state index is 0.0762. The molecule has 0 radical (unpaired) electrons. The molecule has 0 amide bonds.